The van der Waals surface area contributed by atoms with Gasteiger partial charge in [-0.2, -0.15) is 0 Å². The van der Waals surface area contributed by atoms with E-state index >= 15 is 0 Å². The summed E-state index contributed by atoms with van der Waals surface area (Å²) in [6.07, 6.45) is 0. The molecule has 106 valence electrons. The molecule has 19 heavy (non-hydrogen) atoms. The molecule has 1 rings (SSSR count). The molecule has 0 aliphatic carbocycles. The van der Waals surface area contributed by atoms with Crippen molar-refractivity contribution in [2.75, 3.05) is 18.0 Å². The molecule has 0 amide bonds. The first-order valence-electron chi connectivity index (χ1n) is 6.87. The van der Waals surface area contributed by atoms with Crippen LogP contribution in [-0.4, -0.2) is 18.9 Å². The summed E-state index contributed by atoms with van der Waals surface area (Å²) < 4.78 is 14.2. The Kier molecular flexibility index (Phi) is 5.52. The van der Waals surface area contributed by atoms with Crippen LogP contribution in [0, 0.1) is 17.7 Å². The van der Waals surface area contributed by atoms with Crippen LogP contribution in [0.5, 0.6) is 0 Å². The molecule has 1 aromatic rings. The number of anilines is 1. The highest BCUT2D eigenvalue weighted by Crippen LogP contribution is 2.26. The average molecular weight is 265 g/mol. The third-order valence-electron chi connectivity index (χ3n) is 2.85. The predicted octanol–water partition coefficient (Wildman–Crippen LogP) is 4.15. The van der Waals surface area contributed by atoms with Gasteiger partial charge in [-0.25, -0.2) is 4.39 Å². The SMILES string of the molecule is CC(=O)c1cccc(F)c1N(CC(C)C)CC(C)C. The Bertz CT molecular complexity index is 430. The molecule has 0 radical (unpaired) electrons. The second-order valence-electron chi connectivity index (χ2n) is 5.88. The van der Waals surface area contributed by atoms with Crippen LogP contribution in [0.3, 0.4) is 0 Å². The third-order valence-corrected chi connectivity index (χ3v) is 2.85. The van der Waals surface area contributed by atoms with Crippen molar-refractivity contribution in [3.05, 3.63) is 29.6 Å². The highest BCUT2D eigenvalue weighted by Gasteiger charge is 2.20. The van der Waals surface area contributed by atoms with Gasteiger partial charge in [-0.15, -0.1) is 0 Å². The van der Waals surface area contributed by atoms with Crippen molar-refractivity contribution in [2.24, 2.45) is 11.8 Å². The standard InChI is InChI=1S/C16H24FNO/c1-11(2)9-18(10-12(3)4)16-14(13(5)19)7-6-8-15(16)17/h6-8,11-12H,9-10H2,1-5H3. The fourth-order valence-electron chi connectivity index (χ4n) is 2.26. The van der Waals surface area contributed by atoms with E-state index in [0.717, 1.165) is 13.1 Å². The number of carbonyl (C=O) groups excluding carboxylic acids is 1. The lowest BCUT2D eigenvalue weighted by atomic mass is 10.0. The van der Waals surface area contributed by atoms with Crippen molar-refractivity contribution in [3.63, 3.8) is 0 Å². The molecular weight excluding hydrogens is 241 g/mol. The molecule has 3 heteroatoms. The number of ketones is 1. The number of para-hydroxylation sites is 1. The number of rotatable bonds is 6. The monoisotopic (exact) mass is 265 g/mol. The van der Waals surface area contributed by atoms with Gasteiger partial charge >= 0.3 is 0 Å². The molecule has 0 saturated heterocycles. The number of hydrogen-bond donors (Lipinski definition) is 0. The average Bonchev–Trinajstić information content (AvgIpc) is 2.26. The molecule has 0 unspecified atom stereocenters. The lowest BCUT2D eigenvalue weighted by Crippen LogP contribution is -2.33. The molecule has 0 aliphatic rings. The lowest BCUT2D eigenvalue weighted by molar-refractivity contribution is 0.101. The number of halogens is 1. The molecule has 0 aliphatic heterocycles. The summed E-state index contributed by atoms with van der Waals surface area (Å²) >= 11 is 0. The quantitative estimate of drug-likeness (QED) is 0.720. The normalized spacial score (nSPS) is 11.2. The zero-order valence-corrected chi connectivity index (χ0v) is 12.5. The van der Waals surface area contributed by atoms with E-state index in [0.29, 0.717) is 23.1 Å². The largest absolute Gasteiger partial charge is 0.368 e. The molecule has 0 N–H and O–H groups in total. The van der Waals surface area contributed by atoms with Crippen molar-refractivity contribution >= 4 is 11.5 Å². The van der Waals surface area contributed by atoms with Gasteiger partial charge in [0, 0.05) is 18.7 Å². The second kappa shape index (κ2) is 6.69. The topological polar surface area (TPSA) is 20.3 Å². The smallest absolute Gasteiger partial charge is 0.161 e. The van der Waals surface area contributed by atoms with Crippen molar-refractivity contribution in [2.45, 2.75) is 34.6 Å². The molecule has 2 nitrogen and oxygen atoms in total. The van der Waals surface area contributed by atoms with E-state index in [-0.39, 0.29) is 11.6 Å². The zero-order valence-electron chi connectivity index (χ0n) is 12.5. The minimum Gasteiger partial charge on any atom is -0.368 e. The minimum atomic E-state index is -0.311. The Hall–Kier alpha value is -1.38. The van der Waals surface area contributed by atoms with Gasteiger partial charge in [0.25, 0.3) is 0 Å². The van der Waals surface area contributed by atoms with Gasteiger partial charge < -0.3 is 4.90 Å². The van der Waals surface area contributed by atoms with Gasteiger partial charge in [-0.05, 0) is 30.9 Å². The number of benzene rings is 1. The lowest BCUT2D eigenvalue weighted by Gasteiger charge is -2.30. The van der Waals surface area contributed by atoms with Crippen molar-refractivity contribution < 1.29 is 9.18 Å². The van der Waals surface area contributed by atoms with Gasteiger partial charge in [0.05, 0.1) is 5.69 Å². The summed E-state index contributed by atoms with van der Waals surface area (Å²) in [6.45, 7) is 11.4. The highest BCUT2D eigenvalue weighted by atomic mass is 19.1. The summed E-state index contributed by atoms with van der Waals surface area (Å²) in [5.74, 6) is 0.428. The van der Waals surface area contributed by atoms with Crippen LogP contribution in [0.25, 0.3) is 0 Å². The molecule has 0 aromatic heterocycles. The first kappa shape index (κ1) is 15.7. The summed E-state index contributed by atoms with van der Waals surface area (Å²) in [6, 6.07) is 4.72. The molecule has 0 heterocycles. The van der Waals surface area contributed by atoms with E-state index in [4.69, 9.17) is 0 Å². The van der Waals surface area contributed by atoms with E-state index in [1.54, 1.807) is 12.1 Å². The van der Waals surface area contributed by atoms with Gasteiger partial charge in [-0.1, -0.05) is 33.8 Å². The molecular formula is C16H24FNO. The number of Topliss-reactive ketones (excluding diaryl/α,β-unsaturated/α-hetero) is 1. The molecule has 0 spiro atoms. The maximum Gasteiger partial charge on any atom is 0.161 e. The van der Waals surface area contributed by atoms with E-state index in [1.165, 1.54) is 13.0 Å². The van der Waals surface area contributed by atoms with Crippen LogP contribution >= 0.6 is 0 Å². The molecule has 0 atom stereocenters. The van der Waals surface area contributed by atoms with Crippen molar-refractivity contribution in [1.82, 2.24) is 0 Å². The van der Waals surface area contributed by atoms with Crippen molar-refractivity contribution in [1.29, 1.82) is 0 Å². The van der Waals surface area contributed by atoms with Crippen LogP contribution in [0.4, 0.5) is 10.1 Å². The van der Waals surface area contributed by atoms with E-state index < -0.39 is 0 Å². The van der Waals surface area contributed by atoms with Crippen LogP contribution in [-0.2, 0) is 0 Å². The number of hydrogen-bond acceptors (Lipinski definition) is 2. The van der Waals surface area contributed by atoms with Gasteiger partial charge in [0.1, 0.15) is 5.82 Å². The fourth-order valence-corrected chi connectivity index (χ4v) is 2.26. The molecule has 0 saturated carbocycles. The Morgan fingerprint density at radius 1 is 1.16 bits per heavy atom. The Morgan fingerprint density at radius 2 is 1.68 bits per heavy atom. The molecule has 0 bridgehead atoms. The van der Waals surface area contributed by atoms with Crippen molar-refractivity contribution in [3.8, 4) is 0 Å². The number of nitrogens with zero attached hydrogens (tertiary/aromatic N) is 1. The predicted molar refractivity (Wildman–Crippen MR) is 78.3 cm³/mol. The van der Waals surface area contributed by atoms with Gasteiger partial charge in [0.2, 0.25) is 0 Å². The minimum absolute atomic E-state index is 0.0907. The summed E-state index contributed by atoms with van der Waals surface area (Å²) in [7, 11) is 0. The highest BCUT2D eigenvalue weighted by molar-refractivity contribution is 5.99. The first-order chi connectivity index (χ1) is 8.82. The van der Waals surface area contributed by atoms with Gasteiger partial charge in [-0.3, -0.25) is 4.79 Å². The van der Waals surface area contributed by atoms with E-state index in [1.807, 2.05) is 4.90 Å². The van der Waals surface area contributed by atoms with Crippen LogP contribution in [0.1, 0.15) is 45.0 Å². The van der Waals surface area contributed by atoms with Crippen LogP contribution in [0.15, 0.2) is 18.2 Å². The summed E-state index contributed by atoms with van der Waals surface area (Å²) in [4.78, 5) is 13.7. The maximum absolute atomic E-state index is 14.2. The van der Waals surface area contributed by atoms with E-state index in [2.05, 4.69) is 27.7 Å². The Balaban J connectivity index is 3.23. The van der Waals surface area contributed by atoms with Crippen LogP contribution in [0.2, 0.25) is 0 Å². The molecule has 1 aromatic carbocycles. The third kappa shape index (κ3) is 4.34. The second-order valence-corrected chi connectivity index (χ2v) is 5.88. The van der Waals surface area contributed by atoms with E-state index in [9.17, 15) is 9.18 Å². The van der Waals surface area contributed by atoms with Crippen LogP contribution < -0.4 is 4.90 Å². The first-order valence-corrected chi connectivity index (χ1v) is 6.87. The molecule has 0 fully saturated rings. The fraction of sp³-hybridized carbons (Fsp3) is 0.562. The zero-order chi connectivity index (χ0) is 14.6. The number of carbonyl (C=O) groups is 1. The maximum atomic E-state index is 14.2. The summed E-state index contributed by atoms with van der Waals surface area (Å²) in [5, 5.41) is 0. The Morgan fingerprint density at radius 3 is 2.11 bits per heavy atom. The summed E-state index contributed by atoms with van der Waals surface area (Å²) in [5.41, 5.74) is 0.929. The van der Waals surface area contributed by atoms with Gasteiger partial charge in [0.15, 0.2) is 5.78 Å². The Labute approximate surface area is 115 Å².